The molecule has 0 radical (unpaired) electrons. The normalized spacial score (nSPS) is 31.2. The van der Waals surface area contributed by atoms with Gasteiger partial charge >= 0.3 is 0 Å². The molecule has 1 aliphatic carbocycles. The van der Waals surface area contributed by atoms with E-state index in [1.807, 2.05) is 11.8 Å². The molecule has 0 amide bonds. The fourth-order valence-electron chi connectivity index (χ4n) is 2.15. The van der Waals surface area contributed by atoms with Crippen LogP contribution in [0.4, 0.5) is 0 Å². The van der Waals surface area contributed by atoms with Gasteiger partial charge in [0, 0.05) is 18.3 Å². The van der Waals surface area contributed by atoms with Gasteiger partial charge in [-0.25, -0.2) is 0 Å². The molecule has 1 saturated carbocycles. The van der Waals surface area contributed by atoms with Crippen molar-refractivity contribution in [2.45, 2.75) is 45.1 Å². The van der Waals surface area contributed by atoms with Gasteiger partial charge in [-0.1, -0.05) is 31.5 Å². The first-order chi connectivity index (χ1) is 6.88. The van der Waals surface area contributed by atoms with Gasteiger partial charge in [0.1, 0.15) is 0 Å². The molecule has 1 aliphatic heterocycles. The largest absolute Gasteiger partial charge is 0.361 e. The van der Waals surface area contributed by atoms with Crippen molar-refractivity contribution in [3.8, 4) is 0 Å². The molecule has 14 heavy (non-hydrogen) atoms. The number of hydrogen-bond donors (Lipinski definition) is 1. The van der Waals surface area contributed by atoms with Gasteiger partial charge in [0.2, 0.25) is 0 Å². The zero-order valence-corrected chi connectivity index (χ0v) is 9.78. The molecule has 3 heteroatoms. The maximum atomic E-state index is 4.67. The second-order valence-electron chi connectivity index (χ2n) is 4.36. The highest BCUT2D eigenvalue weighted by molar-refractivity contribution is 8.14. The van der Waals surface area contributed by atoms with Crippen LogP contribution in [0.15, 0.2) is 4.99 Å². The standard InChI is InChI=1S/C11H20N2S/c1-2-10-8-14-11(13-10)12-7-9-5-3-4-6-9/h9-10H,2-8H2,1H3,(H,12,13). The molecule has 1 saturated heterocycles. The van der Waals surface area contributed by atoms with Crippen LogP contribution in [0.2, 0.25) is 0 Å². The van der Waals surface area contributed by atoms with Crippen LogP contribution >= 0.6 is 11.8 Å². The fraction of sp³-hybridized carbons (Fsp3) is 0.909. The highest BCUT2D eigenvalue weighted by atomic mass is 32.2. The molecule has 2 fully saturated rings. The van der Waals surface area contributed by atoms with Gasteiger partial charge in [0.05, 0.1) is 0 Å². The molecule has 80 valence electrons. The number of nitrogens with zero attached hydrogens (tertiary/aromatic N) is 1. The van der Waals surface area contributed by atoms with E-state index >= 15 is 0 Å². The van der Waals surface area contributed by atoms with Crippen molar-refractivity contribution >= 4 is 16.9 Å². The first-order valence-corrected chi connectivity index (χ1v) is 6.81. The minimum Gasteiger partial charge on any atom is -0.361 e. The van der Waals surface area contributed by atoms with Crippen LogP contribution in [0.25, 0.3) is 0 Å². The predicted octanol–water partition coefficient (Wildman–Crippen LogP) is 2.65. The Balaban J connectivity index is 1.75. The first kappa shape index (κ1) is 10.3. The lowest BCUT2D eigenvalue weighted by molar-refractivity contribution is 0.561. The molecule has 0 spiro atoms. The number of thioether (sulfide) groups is 1. The summed E-state index contributed by atoms with van der Waals surface area (Å²) in [6.07, 6.45) is 6.87. The van der Waals surface area contributed by atoms with Gasteiger partial charge in [0.25, 0.3) is 0 Å². The van der Waals surface area contributed by atoms with E-state index in [-0.39, 0.29) is 0 Å². The lowest BCUT2D eigenvalue weighted by Crippen LogP contribution is -2.26. The second kappa shape index (κ2) is 5.06. The lowest BCUT2D eigenvalue weighted by Gasteiger charge is -2.07. The maximum Gasteiger partial charge on any atom is 0.156 e. The monoisotopic (exact) mass is 212 g/mol. The summed E-state index contributed by atoms with van der Waals surface area (Å²) in [6.45, 7) is 3.30. The highest BCUT2D eigenvalue weighted by Gasteiger charge is 2.19. The smallest absolute Gasteiger partial charge is 0.156 e. The van der Waals surface area contributed by atoms with Gasteiger partial charge < -0.3 is 5.32 Å². The van der Waals surface area contributed by atoms with E-state index in [1.165, 1.54) is 43.0 Å². The summed E-state index contributed by atoms with van der Waals surface area (Å²) in [6, 6.07) is 0.669. The molecule has 2 aliphatic rings. The third kappa shape index (κ3) is 2.66. The Kier molecular flexibility index (Phi) is 3.74. The molecule has 2 nitrogen and oxygen atoms in total. The third-order valence-corrected chi connectivity index (χ3v) is 4.30. The molecule has 0 aromatic rings. The van der Waals surface area contributed by atoms with Crippen LogP contribution in [0.5, 0.6) is 0 Å². The van der Waals surface area contributed by atoms with E-state index < -0.39 is 0 Å². The summed E-state index contributed by atoms with van der Waals surface area (Å²) in [5.41, 5.74) is 0. The number of nitrogens with one attached hydrogen (secondary N) is 1. The van der Waals surface area contributed by atoms with Crippen LogP contribution in [0, 0.1) is 5.92 Å². The lowest BCUT2D eigenvalue weighted by atomic mass is 10.1. The topological polar surface area (TPSA) is 24.4 Å². The van der Waals surface area contributed by atoms with E-state index in [0.717, 1.165) is 12.5 Å². The minimum atomic E-state index is 0.669. The molecule has 1 heterocycles. The number of amidine groups is 1. The Hall–Kier alpha value is -0.180. The molecule has 0 aromatic carbocycles. The van der Waals surface area contributed by atoms with Gasteiger partial charge in [-0.15, -0.1) is 0 Å². The zero-order valence-electron chi connectivity index (χ0n) is 8.96. The second-order valence-corrected chi connectivity index (χ2v) is 5.37. The molecule has 2 rings (SSSR count). The molecule has 1 N–H and O–H groups in total. The highest BCUT2D eigenvalue weighted by Crippen LogP contribution is 2.25. The quantitative estimate of drug-likeness (QED) is 0.778. The van der Waals surface area contributed by atoms with Gasteiger partial charge in [-0.2, -0.15) is 0 Å². The van der Waals surface area contributed by atoms with E-state index in [9.17, 15) is 0 Å². The third-order valence-electron chi connectivity index (χ3n) is 3.21. The van der Waals surface area contributed by atoms with Crippen molar-refractivity contribution in [1.82, 2.24) is 5.32 Å². The number of rotatable bonds is 3. The van der Waals surface area contributed by atoms with Crippen molar-refractivity contribution in [3.63, 3.8) is 0 Å². The van der Waals surface area contributed by atoms with Gasteiger partial charge in [0.15, 0.2) is 5.17 Å². The zero-order chi connectivity index (χ0) is 9.80. The number of hydrogen-bond acceptors (Lipinski definition) is 2. The molecule has 0 aromatic heterocycles. The molecule has 1 unspecified atom stereocenters. The SMILES string of the molecule is CCC1CSC(=NCC2CCCC2)N1. The molecular formula is C11H20N2S. The Morgan fingerprint density at radius 2 is 2.21 bits per heavy atom. The van der Waals surface area contributed by atoms with E-state index in [0.29, 0.717) is 6.04 Å². The fourth-order valence-corrected chi connectivity index (χ4v) is 3.25. The van der Waals surface area contributed by atoms with Gasteiger partial charge in [-0.05, 0) is 25.2 Å². The summed E-state index contributed by atoms with van der Waals surface area (Å²) >= 11 is 1.90. The Morgan fingerprint density at radius 3 is 2.86 bits per heavy atom. The van der Waals surface area contributed by atoms with Crippen molar-refractivity contribution < 1.29 is 0 Å². The summed E-state index contributed by atoms with van der Waals surface area (Å²) < 4.78 is 0. The summed E-state index contributed by atoms with van der Waals surface area (Å²) in [5.74, 6) is 2.09. The predicted molar refractivity (Wildman–Crippen MR) is 63.9 cm³/mol. The minimum absolute atomic E-state index is 0.669. The van der Waals surface area contributed by atoms with Crippen LogP contribution in [-0.2, 0) is 0 Å². The average molecular weight is 212 g/mol. The average Bonchev–Trinajstić information content (AvgIpc) is 2.86. The first-order valence-electron chi connectivity index (χ1n) is 5.82. The van der Waals surface area contributed by atoms with Crippen molar-refractivity contribution in [2.24, 2.45) is 10.9 Å². The van der Waals surface area contributed by atoms with Crippen LogP contribution < -0.4 is 5.32 Å². The molecule has 0 bridgehead atoms. The van der Waals surface area contributed by atoms with Crippen LogP contribution in [0.1, 0.15) is 39.0 Å². The Labute approximate surface area is 90.9 Å². The van der Waals surface area contributed by atoms with E-state index in [4.69, 9.17) is 0 Å². The van der Waals surface area contributed by atoms with Crippen molar-refractivity contribution in [2.75, 3.05) is 12.3 Å². The van der Waals surface area contributed by atoms with Crippen molar-refractivity contribution in [1.29, 1.82) is 0 Å². The molecular weight excluding hydrogens is 192 g/mol. The summed E-state index contributed by atoms with van der Waals surface area (Å²) in [4.78, 5) is 4.67. The van der Waals surface area contributed by atoms with Crippen LogP contribution in [-0.4, -0.2) is 23.5 Å². The summed E-state index contributed by atoms with van der Waals surface area (Å²) in [5, 5.41) is 4.68. The molecule has 1 atom stereocenters. The van der Waals surface area contributed by atoms with E-state index in [2.05, 4.69) is 17.2 Å². The Morgan fingerprint density at radius 1 is 1.43 bits per heavy atom. The van der Waals surface area contributed by atoms with Crippen LogP contribution in [0.3, 0.4) is 0 Å². The Bertz CT molecular complexity index is 209. The van der Waals surface area contributed by atoms with E-state index in [1.54, 1.807) is 0 Å². The maximum absolute atomic E-state index is 4.67. The van der Waals surface area contributed by atoms with Gasteiger partial charge in [-0.3, -0.25) is 4.99 Å². The number of aliphatic imine (C=N–C) groups is 1. The summed E-state index contributed by atoms with van der Waals surface area (Å²) in [7, 11) is 0. The van der Waals surface area contributed by atoms with Crippen molar-refractivity contribution in [3.05, 3.63) is 0 Å².